The molecule has 2 aromatic rings. The molecule has 5 nitrogen and oxygen atoms in total. The molecule has 0 aliphatic carbocycles. The van der Waals surface area contributed by atoms with Gasteiger partial charge >= 0.3 is 11.9 Å². The highest BCUT2D eigenvalue weighted by Gasteiger charge is 2.43. The van der Waals surface area contributed by atoms with Crippen LogP contribution in [-0.2, 0) is 19.1 Å². The fraction of sp³-hybridized carbons (Fsp3) is 0.105. The zero-order chi connectivity index (χ0) is 17.1. The van der Waals surface area contributed by atoms with E-state index in [2.05, 4.69) is 0 Å². The van der Waals surface area contributed by atoms with Gasteiger partial charge in [-0.25, -0.2) is 4.79 Å². The Morgan fingerprint density at radius 1 is 0.958 bits per heavy atom. The van der Waals surface area contributed by atoms with Crippen LogP contribution in [0.1, 0.15) is 12.5 Å². The van der Waals surface area contributed by atoms with Crippen molar-refractivity contribution >= 4 is 29.0 Å². The van der Waals surface area contributed by atoms with E-state index in [1.54, 1.807) is 55.5 Å². The van der Waals surface area contributed by atoms with Crippen LogP contribution < -0.4 is 4.90 Å². The Hall–Kier alpha value is -3.21. The summed E-state index contributed by atoms with van der Waals surface area (Å²) >= 11 is 0. The fourth-order valence-electron chi connectivity index (χ4n) is 2.61. The van der Waals surface area contributed by atoms with Crippen molar-refractivity contribution in [3.8, 4) is 0 Å². The minimum absolute atomic E-state index is 0.122. The van der Waals surface area contributed by atoms with Crippen LogP contribution in [0.2, 0.25) is 0 Å². The van der Waals surface area contributed by atoms with Gasteiger partial charge in [0.05, 0.1) is 12.3 Å². The maximum Gasteiger partial charge on any atom is 0.344 e. The molecule has 0 bridgehead atoms. The highest BCUT2D eigenvalue weighted by Crippen LogP contribution is 2.35. The van der Waals surface area contributed by atoms with E-state index < -0.39 is 17.7 Å². The number of para-hydroxylation sites is 1. The zero-order valence-electron chi connectivity index (χ0n) is 13.1. The molecule has 0 fully saturated rings. The standard InChI is InChI=1S/C19H15NO4/c1-2-24-19(23)15-16(13-9-5-3-6-10-13)20(18(22)17(15)21)14-11-7-4-8-12-14/h3-12H,2H2,1H3. The number of ether oxygens (including phenoxy) is 1. The second-order valence-corrected chi connectivity index (χ2v) is 5.12. The predicted octanol–water partition coefficient (Wildman–Crippen LogP) is 2.58. The normalized spacial score (nSPS) is 14.3. The lowest BCUT2D eigenvalue weighted by Gasteiger charge is -2.20. The van der Waals surface area contributed by atoms with Crippen LogP contribution in [0.15, 0.2) is 66.2 Å². The van der Waals surface area contributed by atoms with Crippen molar-refractivity contribution in [2.24, 2.45) is 0 Å². The molecule has 1 amide bonds. The molecule has 1 aliphatic heterocycles. The van der Waals surface area contributed by atoms with Crippen LogP contribution >= 0.6 is 0 Å². The van der Waals surface area contributed by atoms with E-state index in [4.69, 9.17) is 4.74 Å². The third-order valence-corrected chi connectivity index (χ3v) is 3.63. The van der Waals surface area contributed by atoms with E-state index in [0.29, 0.717) is 11.3 Å². The van der Waals surface area contributed by atoms with E-state index in [-0.39, 0.29) is 17.9 Å². The number of carbonyl (C=O) groups excluding carboxylic acids is 3. The molecule has 120 valence electrons. The molecule has 0 spiro atoms. The molecular weight excluding hydrogens is 306 g/mol. The van der Waals surface area contributed by atoms with Crippen LogP contribution in [0.4, 0.5) is 5.69 Å². The number of benzene rings is 2. The summed E-state index contributed by atoms with van der Waals surface area (Å²) in [6.45, 7) is 1.77. The van der Waals surface area contributed by atoms with E-state index in [1.165, 1.54) is 4.90 Å². The smallest absolute Gasteiger partial charge is 0.344 e. The first kappa shape index (κ1) is 15.7. The Labute approximate surface area is 139 Å². The number of Topliss-reactive ketones (excluding diaryl/α,β-unsaturated/α-hetero) is 1. The SMILES string of the molecule is CCOC(=O)C1=C(c2ccccc2)N(c2ccccc2)C(=O)C1=O. The van der Waals surface area contributed by atoms with Crippen LogP contribution in [0, 0.1) is 0 Å². The Bertz CT molecular complexity index is 825. The Kier molecular flexibility index (Phi) is 4.24. The first-order chi connectivity index (χ1) is 11.6. The van der Waals surface area contributed by atoms with Gasteiger partial charge in [0.15, 0.2) is 0 Å². The molecule has 1 heterocycles. The van der Waals surface area contributed by atoms with Gasteiger partial charge in [0.1, 0.15) is 5.57 Å². The zero-order valence-corrected chi connectivity index (χ0v) is 13.1. The fourth-order valence-corrected chi connectivity index (χ4v) is 2.61. The van der Waals surface area contributed by atoms with Crippen molar-refractivity contribution in [3.05, 3.63) is 71.8 Å². The van der Waals surface area contributed by atoms with Gasteiger partial charge in [0.25, 0.3) is 5.78 Å². The predicted molar refractivity (Wildman–Crippen MR) is 88.9 cm³/mol. The van der Waals surface area contributed by atoms with Crippen molar-refractivity contribution in [2.45, 2.75) is 6.92 Å². The number of hydrogen-bond donors (Lipinski definition) is 0. The van der Waals surface area contributed by atoms with Crippen molar-refractivity contribution in [3.63, 3.8) is 0 Å². The number of ketones is 1. The number of anilines is 1. The molecule has 5 heteroatoms. The molecule has 1 aliphatic rings. The minimum atomic E-state index is -0.851. The van der Waals surface area contributed by atoms with Gasteiger partial charge in [-0.05, 0) is 24.6 Å². The van der Waals surface area contributed by atoms with Gasteiger partial charge in [-0.3, -0.25) is 14.5 Å². The van der Waals surface area contributed by atoms with Crippen LogP contribution in [0.25, 0.3) is 5.70 Å². The summed E-state index contributed by atoms with van der Waals surface area (Å²) in [4.78, 5) is 38.5. The van der Waals surface area contributed by atoms with Gasteiger partial charge in [-0.2, -0.15) is 0 Å². The quantitative estimate of drug-likeness (QED) is 0.493. The molecule has 3 rings (SSSR count). The largest absolute Gasteiger partial charge is 0.462 e. The summed E-state index contributed by atoms with van der Waals surface area (Å²) in [5.74, 6) is -2.40. The van der Waals surface area contributed by atoms with Crippen molar-refractivity contribution in [1.29, 1.82) is 0 Å². The number of rotatable bonds is 4. The molecule has 0 aromatic heterocycles. The van der Waals surface area contributed by atoms with Crippen molar-refractivity contribution in [2.75, 3.05) is 11.5 Å². The summed E-state index contributed by atoms with van der Waals surface area (Å²) < 4.78 is 4.98. The second-order valence-electron chi connectivity index (χ2n) is 5.12. The summed E-state index contributed by atoms with van der Waals surface area (Å²) in [5, 5.41) is 0. The van der Waals surface area contributed by atoms with Crippen LogP contribution in [0.3, 0.4) is 0 Å². The average molecular weight is 321 g/mol. The Balaban J connectivity index is 2.23. The maximum atomic E-state index is 12.5. The third-order valence-electron chi connectivity index (χ3n) is 3.63. The Morgan fingerprint density at radius 3 is 2.12 bits per heavy atom. The number of amides is 1. The highest BCUT2D eigenvalue weighted by atomic mass is 16.5. The number of nitrogens with zero attached hydrogens (tertiary/aromatic N) is 1. The average Bonchev–Trinajstić information content (AvgIpc) is 2.88. The maximum absolute atomic E-state index is 12.5. The van der Waals surface area contributed by atoms with Gasteiger partial charge in [-0.1, -0.05) is 48.5 Å². The van der Waals surface area contributed by atoms with E-state index in [9.17, 15) is 14.4 Å². The summed E-state index contributed by atoms with van der Waals surface area (Å²) in [7, 11) is 0. The molecule has 0 radical (unpaired) electrons. The molecule has 0 N–H and O–H groups in total. The molecule has 24 heavy (non-hydrogen) atoms. The number of esters is 1. The molecule has 0 unspecified atom stereocenters. The molecule has 0 saturated heterocycles. The topological polar surface area (TPSA) is 63.7 Å². The molecule has 0 atom stereocenters. The molecule has 2 aromatic carbocycles. The summed E-state index contributed by atoms with van der Waals surface area (Å²) in [6.07, 6.45) is 0. The number of carbonyl (C=O) groups is 3. The van der Waals surface area contributed by atoms with Gasteiger partial charge in [0.2, 0.25) is 0 Å². The second kappa shape index (κ2) is 6.50. The van der Waals surface area contributed by atoms with Gasteiger partial charge in [-0.15, -0.1) is 0 Å². The monoisotopic (exact) mass is 321 g/mol. The molecular formula is C19H15NO4. The van der Waals surface area contributed by atoms with Crippen molar-refractivity contribution in [1.82, 2.24) is 0 Å². The first-order valence-corrected chi connectivity index (χ1v) is 7.55. The van der Waals surface area contributed by atoms with E-state index in [0.717, 1.165) is 0 Å². The lowest BCUT2D eigenvalue weighted by molar-refractivity contribution is -0.141. The summed E-state index contributed by atoms with van der Waals surface area (Å²) in [5.41, 5.74) is 1.16. The Morgan fingerprint density at radius 2 is 1.54 bits per heavy atom. The van der Waals surface area contributed by atoms with E-state index in [1.807, 2.05) is 12.1 Å². The number of hydrogen-bond acceptors (Lipinski definition) is 4. The van der Waals surface area contributed by atoms with Crippen LogP contribution in [-0.4, -0.2) is 24.3 Å². The van der Waals surface area contributed by atoms with E-state index >= 15 is 0 Å². The van der Waals surface area contributed by atoms with Gasteiger partial charge < -0.3 is 4.74 Å². The third kappa shape index (κ3) is 2.60. The highest BCUT2D eigenvalue weighted by molar-refractivity contribution is 6.59. The molecule has 0 saturated carbocycles. The van der Waals surface area contributed by atoms with Crippen molar-refractivity contribution < 1.29 is 19.1 Å². The minimum Gasteiger partial charge on any atom is -0.462 e. The lowest BCUT2D eigenvalue weighted by atomic mass is 10.1. The lowest BCUT2D eigenvalue weighted by Crippen LogP contribution is -2.28. The van der Waals surface area contributed by atoms with Gasteiger partial charge in [0, 0.05) is 5.69 Å². The van der Waals surface area contributed by atoms with Crippen LogP contribution in [0.5, 0.6) is 0 Å². The summed E-state index contributed by atoms with van der Waals surface area (Å²) in [6, 6.07) is 17.6. The first-order valence-electron chi connectivity index (χ1n) is 7.55.